The average molecular weight is 558 g/mol. The standard InChI is InChI=1S/C25H43N5O.HI/c1-7-20(8-2)23(31)30-16-14-22(15-17-30)28-24(26-6)27-18-25(4,5)29-19(3)21-12-10-9-11-13-21;/h9-13,19-20,22,29H,7-8,14-18H2,1-6H3,(H2,26,27,28);1H. The molecule has 0 saturated carbocycles. The monoisotopic (exact) mass is 557 g/mol. The van der Waals surface area contributed by atoms with Crippen LogP contribution in [0.1, 0.15) is 71.9 Å². The predicted molar refractivity (Wildman–Crippen MR) is 146 cm³/mol. The summed E-state index contributed by atoms with van der Waals surface area (Å²) in [6.07, 6.45) is 3.77. The molecule has 1 fully saturated rings. The maximum absolute atomic E-state index is 12.6. The summed E-state index contributed by atoms with van der Waals surface area (Å²) in [5, 5.41) is 10.7. The highest BCUT2D eigenvalue weighted by Crippen LogP contribution is 2.18. The Morgan fingerprint density at radius 2 is 1.75 bits per heavy atom. The van der Waals surface area contributed by atoms with E-state index < -0.39 is 0 Å². The number of likely N-dealkylation sites (tertiary alicyclic amines) is 1. The Bertz CT molecular complexity index is 698. The number of hydrogen-bond donors (Lipinski definition) is 3. The van der Waals surface area contributed by atoms with Crippen molar-refractivity contribution >= 4 is 35.8 Å². The van der Waals surface area contributed by atoms with Gasteiger partial charge in [-0.1, -0.05) is 44.2 Å². The number of nitrogens with zero attached hydrogens (tertiary/aromatic N) is 2. The molecule has 1 aliphatic heterocycles. The maximum Gasteiger partial charge on any atom is 0.225 e. The van der Waals surface area contributed by atoms with Gasteiger partial charge in [-0.05, 0) is 52.0 Å². The van der Waals surface area contributed by atoms with Crippen LogP contribution in [0.25, 0.3) is 0 Å². The van der Waals surface area contributed by atoms with E-state index in [0.717, 1.165) is 51.3 Å². The Hall–Kier alpha value is -1.35. The normalized spacial score (nSPS) is 16.5. The summed E-state index contributed by atoms with van der Waals surface area (Å²) in [5.41, 5.74) is 1.19. The fourth-order valence-corrected chi connectivity index (χ4v) is 4.30. The lowest BCUT2D eigenvalue weighted by Gasteiger charge is -2.35. The van der Waals surface area contributed by atoms with Crippen molar-refractivity contribution in [3.63, 3.8) is 0 Å². The molecule has 7 heteroatoms. The van der Waals surface area contributed by atoms with Crippen LogP contribution >= 0.6 is 24.0 Å². The van der Waals surface area contributed by atoms with Gasteiger partial charge in [-0.25, -0.2) is 0 Å². The quantitative estimate of drug-likeness (QED) is 0.240. The molecule has 1 amide bonds. The largest absolute Gasteiger partial charge is 0.355 e. The minimum absolute atomic E-state index is 0. The van der Waals surface area contributed by atoms with E-state index in [4.69, 9.17) is 0 Å². The summed E-state index contributed by atoms with van der Waals surface area (Å²) >= 11 is 0. The molecule has 1 heterocycles. The molecule has 0 aliphatic carbocycles. The molecular weight excluding hydrogens is 513 g/mol. The molecule has 32 heavy (non-hydrogen) atoms. The van der Waals surface area contributed by atoms with E-state index >= 15 is 0 Å². The number of hydrogen-bond acceptors (Lipinski definition) is 3. The summed E-state index contributed by atoms with van der Waals surface area (Å²) in [6.45, 7) is 13.2. The third-order valence-electron chi connectivity index (χ3n) is 6.31. The number of carbonyl (C=O) groups is 1. The van der Waals surface area contributed by atoms with Crippen molar-refractivity contribution in [1.82, 2.24) is 20.9 Å². The lowest BCUT2D eigenvalue weighted by atomic mass is 9.98. The number of rotatable bonds is 9. The third-order valence-corrected chi connectivity index (χ3v) is 6.31. The van der Waals surface area contributed by atoms with Crippen molar-refractivity contribution < 1.29 is 4.79 Å². The third kappa shape index (κ3) is 8.89. The van der Waals surface area contributed by atoms with E-state index in [1.807, 2.05) is 18.0 Å². The zero-order valence-corrected chi connectivity index (χ0v) is 23.1. The number of halogens is 1. The van der Waals surface area contributed by atoms with Crippen LogP contribution in [0, 0.1) is 5.92 Å². The molecule has 0 spiro atoms. The Balaban J connectivity index is 0.00000512. The number of guanidine groups is 1. The lowest BCUT2D eigenvalue weighted by molar-refractivity contribution is -0.136. The molecule has 3 N–H and O–H groups in total. The second-order valence-electron chi connectivity index (χ2n) is 9.34. The van der Waals surface area contributed by atoms with Crippen LogP contribution in [0.5, 0.6) is 0 Å². The van der Waals surface area contributed by atoms with Crippen molar-refractivity contribution in [3.8, 4) is 0 Å². The molecule has 2 rings (SSSR count). The van der Waals surface area contributed by atoms with Gasteiger partial charge in [0.15, 0.2) is 5.96 Å². The van der Waals surface area contributed by atoms with Gasteiger partial charge in [0.25, 0.3) is 0 Å². The van der Waals surface area contributed by atoms with Gasteiger partial charge in [-0.2, -0.15) is 0 Å². The van der Waals surface area contributed by atoms with Gasteiger partial charge in [0.2, 0.25) is 5.91 Å². The molecule has 1 saturated heterocycles. The molecule has 182 valence electrons. The zero-order chi connectivity index (χ0) is 22.9. The van der Waals surface area contributed by atoms with Crippen LogP contribution in [-0.4, -0.2) is 55.0 Å². The van der Waals surface area contributed by atoms with E-state index in [0.29, 0.717) is 11.9 Å². The molecule has 1 atom stereocenters. The Morgan fingerprint density at radius 3 is 2.28 bits per heavy atom. The molecule has 0 radical (unpaired) electrons. The first-order chi connectivity index (χ1) is 14.8. The highest BCUT2D eigenvalue weighted by molar-refractivity contribution is 14.0. The van der Waals surface area contributed by atoms with Gasteiger partial charge in [0, 0.05) is 50.2 Å². The lowest BCUT2D eigenvalue weighted by Crippen LogP contribution is -2.55. The smallest absolute Gasteiger partial charge is 0.225 e. The van der Waals surface area contributed by atoms with Crippen molar-refractivity contribution in [2.75, 3.05) is 26.7 Å². The van der Waals surface area contributed by atoms with E-state index in [1.165, 1.54) is 5.56 Å². The molecule has 1 unspecified atom stereocenters. The summed E-state index contributed by atoms with van der Waals surface area (Å²) < 4.78 is 0. The van der Waals surface area contributed by atoms with Crippen LogP contribution < -0.4 is 16.0 Å². The Kier molecular flexibility index (Phi) is 12.6. The minimum Gasteiger partial charge on any atom is -0.355 e. The number of carbonyl (C=O) groups excluding carboxylic acids is 1. The summed E-state index contributed by atoms with van der Waals surface area (Å²) in [6, 6.07) is 11.1. The average Bonchev–Trinajstić information content (AvgIpc) is 2.78. The maximum atomic E-state index is 12.6. The van der Waals surface area contributed by atoms with Crippen molar-refractivity contribution in [2.45, 2.75) is 77.9 Å². The van der Waals surface area contributed by atoms with Crippen LogP contribution in [0.4, 0.5) is 0 Å². The fourth-order valence-electron chi connectivity index (χ4n) is 4.30. The second kappa shape index (κ2) is 14.0. The van der Waals surface area contributed by atoms with E-state index in [-0.39, 0.29) is 41.5 Å². The number of aliphatic imine (C=N–C) groups is 1. The fraction of sp³-hybridized carbons (Fsp3) is 0.680. The van der Waals surface area contributed by atoms with Crippen molar-refractivity contribution in [2.24, 2.45) is 10.9 Å². The van der Waals surface area contributed by atoms with E-state index in [9.17, 15) is 4.79 Å². The van der Waals surface area contributed by atoms with Gasteiger partial charge in [0.1, 0.15) is 0 Å². The van der Waals surface area contributed by atoms with E-state index in [2.05, 4.69) is 79.8 Å². The topological polar surface area (TPSA) is 68.8 Å². The van der Waals surface area contributed by atoms with Crippen molar-refractivity contribution in [3.05, 3.63) is 35.9 Å². The molecule has 0 aromatic heterocycles. The van der Waals surface area contributed by atoms with Gasteiger partial charge >= 0.3 is 0 Å². The first-order valence-corrected chi connectivity index (χ1v) is 11.9. The highest BCUT2D eigenvalue weighted by Gasteiger charge is 2.27. The second-order valence-corrected chi connectivity index (χ2v) is 9.34. The molecule has 1 aromatic rings. The summed E-state index contributed by atoms with van der Waals surface area (Å²) in [7, 11) is 1.81. The predicted octanol–water partition coefficient (Wildman–Crippen LogP) is 4.33. The van der Waals surface area contributed by atoms with Crippen LogP contribution in [0.2, 0.25) is 0 Å². The van der Waals surface area contributed by atoms with Crippen molar-refractivity contribution in [1.29, 1.82) is 0 Å². The van der Waals surface area contributed by atoms with Crippen LogP contribution in [0.3, 0.4) is 0 Å². The molecule has 0 bridgehead atoms. The number of nitrogens with one attached hydrogen (secondary N) is 3. The SMILES string of the molecule is CCC(CC)C(=O)N1CCC(NC(=NC)NCC(C)(C)NC(C)c2ccccc2)CC1.I. The molecular formula is C25H44IN5O. The summed E-state index contributed by atoms with van der Waals surface area (Å²) in [5.74, 6) is 1.32. The Morgan fingerprint density at radius 1 is 1.16 bits per heavy atom. The molecule has 1 aromatic carbocycles. The minimum atomic E-state index is -0.0992. The van der Waals surface area contributed by atoms with E-state index in [1.54, 1.807) is 0 Å². The zero-order valence-electron chi connectivity index (χ0n) is 20.8. The van der Waals surface area contributed by atoms with Crippen LogP contribution in [-0.2, 0) is 4.79 Å². The van der Waals surface area contributed by atoms with Crippen LogP contribution in [0.15, 0.2) is 35.3 Å². The Labute approximate surface area is 212 Å². The first kappa shape index (κ1) is 28.7. The first-order valence-electron chi connectivity index (χ1n) is 11.9. The summed E-state index contributed by atoms with van der Waals surface area (Å²) in [4.78, 5) is 19.1. The van der Waals surface area contributed by atoms with Gasteiger partial charge in [-0.15, -0.1) is 24.0 Å². The number of amides is 1. The van der Waals surface area contributed by atoms with Gasteiger partial charge in [0.05, 0.1) is 0 Å². The molecule has 6 nitrogen and oxygen atoms in total. The van der Waals surface area contributed by atoms with Gasteiger partial charge in [-0.3, -0.25) is 9.79 Å². The number of benzene rings is 1. The highest BCUT2D eigenvalue weighted by atomic mass is 127. The number of piperidine rings is 1. The van der Waals surface area contributed by atoms with Gasteiger partial charge < -0.3 is 20.9 Å². The molecule has 1 aliphatic rings.